The van der Waals surface area contributed by atoms with E-state index in [2.05, 4.69) is 36.9 Å². The Kier molecular flexibility index (Phi) is 8.28. The van der Waals surface area contributed by atoms with Crippen molar-refractivity contribution >= 4 is 67.0 Å². The van der Waals surface area contributed by atoms with Crippen LogP contribution in [0.1, 0.15) is 37.9 Å². The molecule has 2 aromatic carbocycles. The van der Waals surface area contributed by atoms with Crippen molar-refractivity contribution in [2.75, 3.05) is 13.4 Å². The zero-order chi connectivity index (χ0) is 26.1. The molecular formula is C26H24Br2N2O4S2. The highest BCUT2D eigenvalue weighted by molar-refractivity contribution is 9.11. The summed E-state index contributed by atoms with van der Waals surface area (Å²) >= 11 is 9.93. The van der Waals surface area contributed by atoms with Crippen LogP contribution in [0.25, 0.3) is 6.08 Å². The van der Waals surface area contributed by atoms with Crippen LogP contribution in [0.5, 0.6) is 5.75 Å². The van der Waals surface area contributed by atoms with Gasteiger partial charge in [-0.2, -0.15) is 0 Å². The molecule has 1 aromatic heterocycles. The molecule has 6 nitrogen and oxygen atoms in total. The van der Waals surface area contributed by atoms with Crippen LogP contribution >= 0.6 is 55.0 Å². The Hall–Kier alpha value is -2.14. The number of methoxy groups -OCH3 is 1. The lowest BCUT2D eigenvalue weighted by Gasteiger charge is -2.25. The third kappa shape index (κ3) is 5.27. The van der Waals surface area contributed by atoms with E-state index >= 15 is 0 Å². The fourth-order valence-electron chi connectivity index (χ4n) is 4.01. The van der Waals surface area contributed by atoms with Gasteiger partial charge in [0.15, 0.2) is 4.80 Å². The van der Waals surface area contributed by atoms with Gasteiger partial charge in [-0.25, -0.2) is 9.79 Å². The van der Waals surface area contributed by atoms with Gasteiger partial charge in [0.1, 0.15) is 5.75 Å². The van der Waals surface area contributed by atoms with E-state index in [0.717, 1.165) is 25.0 Å². The molecule has 1 aliphatic rings. The van der Waals surface area contributed by atoms with Crippen molar-refractivity contribution < 1.29 is 14.3 Å². The zero-order valence-electron chi connectivity index (χ0n) is 20.3. The molecule has 2 heterocycles. The SMILES string of the molecule is COc1c(Br)cc(Br)cc1/C=c1\sc2n(c1=O)[C@H](c1ccc(SC)cc1)C(C(=O)OC(C)C)=C(C)N=2. The van der Waals surface area contributed by atoms with E-state index in [1.165, 1.54) is 11.3 Å². The molecule has 0 bridgehead atoms. The first-order valence-electron chi connectivity index (χ1n) is 11.0. The second kappa shape index (κ2) is 11.1. The summed E-state index contributed by atoms with van der Waals surface area (Å²) in [6.07, 6.45) is 3.49. The Labute approximate surface area is 234 Å². The van der Waals surface area contributed by atoms with Crippen molar-refractivity contribution in [1.29, 1.82) is 0 Å². The lowest BCUT2D eigenvalue weighted by atomic mass is 9.96. The van der Waals surface area contributed by atoms with E-state index in [4.69, 9.17) is 9.47 Å². The standard InChI is InChI=1S/C26H24Br2N2O4S2/c1-13(2)34-25(32)21-14(3)29-26-30(22(21)15-6-8-18(35-5)9-7-15)24(31)20(36-26)11-16-10-17(27)12-19(28)23(16)33-4/h6-13,22H,1-5H3/b20-11-/t22-/m1/s1. The average Bonchev–Trinajstić information content (AvgIpc) is 3.12. The summed E-state index contributed by atoms with van der Waals surface area (Å²) in [5.74, 6) is 0.141. The fraction of sp³-hybridized carbons (Fsp3) is 0.269. The summed E-state index contributed by atoms with van der Waals surface area (Å²) in [6.45, 7) is 5.38. The third-order valence-electron chi connectivity index (χ3n) is 5.54. The fourth-order valence-corrected chi connectivity index (χ4v) is 6.87. The number of carbonyl (C=O) groups is 1. The number of allylic oxidation sites excluding steroid dienone is 1. The molecule has 4 rings (SSSR count). The van der Waals surface area contributed by atoms with E-state index in [9.17, 15) is 9.59 Å². The van der Waals surface area contributed by atoms with Crippen LogP contribution in [0, 0.1) is 0 Å². The number of hydrogen-bond acceptors (Lipinski definition) is 7. The van der Waals surface area contributed by atoms with Gasteiger partial charge in [-0.05, 0) is 78.9 Å². The highest BCUT2D eigenvalue weighted by Gasteiger charge is 2.33. The lowest BCUT2D eigenvalue weighted by Crippen LogP contribution is -2.40. The first kappa shape index (κ1) is 26.9. The molecule has 1 atom stereocenters. The molecule has 0 radical (unpaired) electrons. The van der Waals surface area contributed by atoms with Gasteiger partial charge in [0, 0.05) is 14.9 Å². The number of nitrogens with zero attached hydrogens (tertiary/aromatic N) is 2. The maximum atomic E-state index is 13.8. The highest BCUT2D eigenvalue weighted by Crippen LogP contribution is 2.34. The van der Waals surface area contributed by atoms with Gasteiger partial charge in [-0.1, -0.05) is 39.4 Å². The van der Waals surface area contributed by atoms with Crippen LogP contribution < -0.4 is 19.6 Å². The number of carbonyl (C=O) groups excluding carboxylic acids is 1. The maximum Gasteiger partial charge on any atom is 0.338 e. The number of benzene rings is 2. The Balaban J connectivity index is 1.97. The number of hydrogen-bond donors (Lipinski definition) is 0. The number of esters is 1. The monoisotopic (exact) mass is 650 g/mol. The Morgan fingerprint density at radius 1 is 1.22 bits per heavy atom. The van der Waals surface area contributed by atoms with E-state index in [1.54, 1.807) is 50.3 Å². The second-order valence-corrected chi connectivity index (χ2v) is 12.0. The predicted molar refractivity (Wildman–Crippen MR) is 152 cm³/mol. The van der Waals surface area contributed by atoms with Crippen LogP contribution in [0.15, 0.2) is 71.3 Å². The molecule has 0 saturated carbocycles. The molecule has 1 aliphatic heterocycles. The average molecular weight is 652 g/mol. The maximum absolute atomic E-state index is 13.8. The lowest BCUT2D eigenvalue weighted by molar-refractivity contribution is -0.143. The smallest absolute Gasteiger partial charge is 0.338 e. The molecule has 188 valence electrons. The zero-order valence-corrected chi connectivity index (χ0v) is 25.1. The first-order valence-corrected chi connectivity index (χ1v) is 14.7. The predicted octanol–water partition coefficient (Wildman–Crippen LogP) is 5.44. The number of rotatable bonds is 6. The van der Waals surface area contributed by atoms with Crippen molar-refractivity contribution in [3.8, 4) is 5.75 Å². The largest absolute Gasteiger partial charge is 0.495 e. The van der Waals surface area contributed by atoms with E-state index < -0.39 is 12.0 Å². The van der Waals surface area contributed by atoms with E-state index in [-0.39, 0.29) is 11.7 Å². The molecule has 3 aromatic rings. The number of thiazole rings is 1. The second-order valence-electron chi connectivity index (χ2n) is 8.32. The Bertz CT molecular complexity index is 1540. The van der Waals surface area contributed by atoms with E-state index in [0.29, 0.717) is 26.4 Å². The molecule has 0 spiro atoms. The van der Waals surface area contributed by atoms with E-state index in [1.807, 2.05) is 42.7 Å². The molecule has 36 heavy (non-hydrogen) atoms. The van der Waals surface area contributed by atoms with Gasteiger partial charge >= 0.3 is 5.97 Å². The molecule has 0 unspecified atom stereocenters. The highest BCUT2D eigenvalue weighted by atomic mass is 79.9. The van der Waals surface area contributed by atoms with Crippen LogP contribution in [-0.2, 0) is 9.53 Å². The van der Waals surface area contributed by atoms with Gasteiger partial charge in [0.25, 0.3) is 5.56 Å². The number of fused-ring (bicyclic) bond motifs is 1. The van der Waals surface area contributed by atoms with Crippen LogP contribution in [0.2, 0.25) is 0 Å². The summed E-state index contributed by atoms with van der Waals surface area (Å²) < 4.78 is 14.8. The van der Waals surface area contributed by atoms with Gasteiger partial charge in [-0.3, -0.25) is 9.36 Å². The topological polar surface area (TPSA) is 69.9 Å². The molecule has 10 heteroatoms. The van der Waals surface area contributed by atoms with Gasteiger partial charge in [0.05, 0.1) is 39.5 Å². The van der Waals surface area contributed by atoms with Gasteiger partial charge in [-0.15, -0.1) is 11.8 Å². The quantitative estimate of drug-likeness (QED) is 0.262. The summed E-state index contributed by atoms with van der Waals surface area (Å²) in [4.78, 5) is 33.3. The number of aromatic nitrogens is 1. The number of thioether (sulfide) groups is 1. The van der Waals surface area contributed by atoms with Crippen molar-refractivity contribution in [3.63, 3.8) is 0 Å². The minimum Gasteiger partial charge on any atom is -0.495 e. The summed E-state index contributed by atoms with van der Waals surface area (Å²) in [6, 6.07) is 11.0. The van der Waals surface area contributed by atoms with Crippen LogP contribution in [-0.4, -0.2) is 30.0 Å². The van der Waals surface area contributed by atoms with Crippen molar-refractivity contribution in [3.05, 3.63) is 87.4 Å². The normalized spacial score (nSPS) is 15.7. The van der Waals surface area contributed by atoms with Crippen molar-refractivity contribution in [1.82, 2.24) is 4.57 Å². The molecule has 0 saturated heterocycles. The minimum absolute atomic E-state index is 0.238. The van der Waals surface area contributed by atoms with Crippen LogP contribution in [0.4, 0.5) is 0 Å². The van der Waals surface area contributed by atoms with Gasteiger partial charge < -0.3 is 9.47 Å². The van der Waals surface area contributed by atoms with Crippen molar-refractivity contribution in [2.24, 2.45) is 4.99 Å². The molecular weight excluding hydrogens is 628 g/mol. The first-order chi connectivity index (χ1) is 17.1. The summed E-state index contributed by atoms with van der Waals surface area (Å²) in [5, 5.41) is 0. The van der Waals surface area contributed by atoms with Crippen molar-refractivity contribution in [2.45, 2.75) is 37.8 Å². The Morgan fingerprint density at radius 3 is 2.53 bits per heavy atom. The van der Waals surface area contributed by atoms with Crippen LogP contribution in [0.3, 0.4) is 0 Å². The van der Waals surface area contributed by atoms with Gasteiger partial charge in [0.2, 0.25) is 0 Å². The molecule has 0 aliphatic carbocycles. The molecule has 0 fully saturated rings. The molecule has 0 amide bonds. The third-order valence-corrected chi connectivity index (χ3v) is 8.32. The number of ether oxygens (including phenoxy) is 2. The summed E-state index contributed by atoms with van der Waals surface area (Å²) in [7, 11) is 1.58. The minimum atomic E-state index is -0.651. The summed E-state index contributed by atoms with van der Waals surface area (Å²) in [5.41, 5.74) is 2.21. The Morgan fingerprint density at radius 2 is 1.92 bits per heavy atom. The molecule has 0 N–H and O–H groups in total. The number of halogens is 2.